The molecule has 8 heteroatoms. The number of amides is 2. The van der Waals surface area contributed by atoms with E-state index in [-0.39, 0.29) is 18.4 Å². The third-order valence-corrected chi connectivity index (χ3v) is 5.04. The van der Waals surface area contributed by atoms with Gasteiger partial charge < -0.3 is 10.2 Å². The average Bonchev–Trinajstić information content (AvgIpc) is 2.64. The molecule has 0 saturated carbocycles. The van der Waals surface area contributed by atoms with Gasteiger partial charge in [-0.15, -0.1) is 0 Å². The minimum absolute atomic E-state index is 0.113. The quantitative estimate of drug-likeness (QED) is 0.839. The van der Waals surface area contributed by atoms with Crippen LogP contribution in [0.3, 0.4) is 0 Å². The van der Waals surface area contributed by atoms with E-state index >= 15 is 0 Å². The van der Waals surface area contributed by atoms with Crippen molar-refractivity contribution < 1.29 is 14.0 Å². The second kappa shape index (κ2) is 8.69. The normalized spacial score (nSPS) is 14.9. The first-order chi connectivity index (χ1) is 12.9. The first-order valence-electron chi connectivity index (χ1n) is 8.44. The number of rotatable bonds is 4. The number of carbonyl (C=O) groups is 2. The number of carbonyl (C=O) groups excluding carboxylic acids is 2. The Hall–Kier alpha value is -2.15. The van der Waals surface area contributed by atoms with E-state index in [4.69, 9.17) is 23.2 Å². The second-order valence-electron chi connectivity index (χ2n) is 6.26. The molecule has 0 spiro atoms. The molecule has 142 valence electrons. The van der Waals surface area contributed by atoms with Crippen molar-refractivity contribution in [2.75, 3.05) is 38.0 Å². The molecule has 27 heavy (non-hydrogen) atoms. The molecule has 0 aliphatic carbocycles. The van der Waals surface area contributed by atoms with Gasteiger partial charge in [-0.2, -0.15) is 0 Å². The Morgan fingerprint density at radius 1 is 1.00 bits per heavy atom. The van der Waals surface area contributed by atoms with Crippen molar-refractivity contribution in [3.05, 3.63) is 63.9 Å². The molecule has 0 aromatic heterocycles. The fourth-order valence-electron chi connectivity index (χ4n) is 2.89. The smallest absolute Gasteiger partial charge is 0.253 e. The summed E-state index contributed by atoms with van der Waals surface area (Å²) in [6, 6.07) is 10.6. The van der Waals surface area contributed by atoms with E-state index in [1.807, 2.05) is 4.90 Å². The van der Waals surface area contributed by atoms with Gasteiger partial charge in [-0.25, -0.2) is 4.39 Å². The number of benzene rings is 2. The van der Waals surface area contributed by atoms with E-state index in [1.165, 1.54) is 12.1 Å². The van der Waals surface area contributed by atoms with Crippen LogP contribution in [0.15, 0.2) is 42.5 Å². The zero-order valence-electron chi connectivity index (χ0n) is 14.4. The molecule has 0 atom stereocenters. The SMILES string of the molecule is O=C(CN1CCN(C(=O)c2ccc(Cl)c(Cl)c2)CC1)Nc1cccc(F)c1. The molecule has 1 heterocycles. The van der Waals surface area contributed by atoms with Crippen LogP contribution in [0.25, 0.3) is 0 Å². The summed E-state index contributed by atoms with van der Waals surface area (Å²) in [6.07, 6.45) is 0. The second-order valence-corrected chi connectivity index (χ2v) is 7.07. The summed E-state index contributed by atoms with van der Waals surface area (Å²) < 4.78 is 13.2. The van der Waals surface area contributed by atoms with Crippen LogP contribution in [-0.4, -0.2) is 54.3 Å². The van der Waals surface area contributed by atoms with Gasteiger partial charge in [0.1, 0.15) is 5.82 Å². The van der Waals surface area contributed by atoms with Gasteiger partial charge in [-0.1, -0.05) is 29.3 Å². The van der Waals surface area contributed by atoms with Crippen LogP contribution in [0.2, 0.25) is 10.0 Å². The Bertz CT molecular complexity index is 855. The van der Waals surface area contributed by atoms with Crippen molar-refractivity contribution in [3.63, 3.8) is 0 Å². The molecule has 1 fully saturated rings. The van der Waals surface area contributed by atoms with E-state index in [2.05, 4.69) is 5.32 Å². The van der Waals surface area contributed by atoms with E-state index < -0.39 is 5.82 Å². The monoisotopic (exact) mass is 409 g/mol. The zero-order valence-corrected chi connectivity index (χ0v) is 15.9. The van der Waals surface area contributed by atoms with Crippen molar-refractivity contribution in [3.8, 4) is 0 Å². The highest BCUT2D eigenvalue weighted by molar-refractivity contribution is 6.42. The summed E-state index contributed by atoms with van der Waals surface area (Å²) in [6.45, 7) is 2.34. The lowest BCUT2D eigenvalue weighted by Crippen LogP contribution is -2.50. The van der Waals surface area contributed by atoms with Gasteiger partial charge in [0, 0.05) is 37.4 Å². The molecule has 2 aromatic carbocycles. The third kappa shape index (κ3) is 5.19. The maximum Gasteiger partial charge on any atom is 0.253 e. The van der Waals surface area contributed by atoms with Crippen LogP contribution in [0, 0.1) is 5.82 Å². The molecule has 0 unspecified atom stereocenters. The van der Waals surface area contributed by atoms with Gasteiger partial charge in [-0.3, -0.25) is 14.5 Å². The summed E-state index contributed by atoms with van der Waals surface area (Å²) in [5.74, 6) is -0.732. The van der Waals surface area contributed by atoms with Crippen LogP contribution < -0.4 is 5.32 Å². The van der Waals surface area contributed by atoms with Crippen molar-refractivity contribution in [1.29, 1.82) is 0 Å². The van der Waals surface area contributed by atoms with Crippen molar-refractivity contribution in [2.24, 2.45) is 0 Å². The molecule has 0 radical (unpaired) electrons. The Kier molecular flexibility index (Phi) is 6.31. The van der Waals surface area contributed by atoms with Crippen LogP contribution in [-0.2, 0) is 4.79 Å². The summed E-state index contributed by atoms with van der Waals surface area (Å²) >= 11 is 11.9. The topological polar surface area (TPSA) is 52.7 Å². The minimum Gasteiger partial charge on any atom is -0.336 e. The molecule has 5 nitrogen and oxygen atoms in total. The molecular formula is C19H18Cl2FN3O2. The lowest BCUT2D eigenvalue weighted by atomic mass is 10.2. The third-order valence-electron chi connectivity index (χ3n) is 4.30. The zero-order chi connectivity index (χ0) is 19.4. The summed E-state index contributed by atoms with van der Waals surface area (Å²) in [5.41, 5.74) is 0.912. The van der Waals surface area contributed by atoms with E-state index in [1.54, 1.807) is 35.2 Å². The number of hydrogen-bond acceptors (Lipinski definition) is 3. The van der Waals surface area contributed by atoms with Gasteiger partial charge in [0.15, 0.2) is 0 Å². The molecule has 0 bridgehead atoms. The fraction of sp³-hybridized carbons (Fsp3) is 0.263. The highest BCUT2D eigenvalue weighted by Gasteiger charge is 2.23. The van der Waals surface area contributed by atoms with Crippen LogP contribution in [0.4, 0.5) is 10.1 Å². The number of halogens is 3. The number of hydrogen-bond donors (Lipinski definition) is 1. The van der Waals surface area contributed by atoms with E-state index in [9.17, 15) is 14.0 Å². The largest absolute Gasteiger partial charge is 0.336 e. The first-order valence-corrected chi connectivity index (χ1v) is 9.20. The molecule has 3 rings (SSSR count). The maximum absolute atomic E-state index is 13.2. The van der Waals surface area contributed by atoms with Crippen LogP contribution >= 0.6 is 23.2 Å². The lowest BCUT2D eigenvalue weighted by molar-refractivity contribution is -0.117. The van der Waals surface area contributed by atoms with Gasteiger partial charge in [0.05, 0.1) is 16.6 Å². The van der Waals surface area contributed by atoms with Gasteiger partial charge in [0.2, 0.25) is 5.91 Å². The van der Waals surface area contributed by atoms with Crippen molar-refractivity contribution in [2.45, 2.75) is 0 Å². The summed E-state index contributed by atoms with van der Waals surface area (Å²) in [7, 11) is 0. The van der Waals surface area contributed by atoms with Gasteiger partial charge >= 0.3 is 0 Å². The van der Waals surface area contributed by atoms with Crippen LogP contribution in [0.5, 0.6) is 0 Å². The molecule has 1 N–H and O–H groups in total. The van der Waals surface area contributed by atoms with Gasteiger partial charge in [0.25, 0.3) is 5.91 Å². The molecule has 1 saturated heterocycles. The summed E-state index contributed by atoms with van der Waals surface area (Å²) in [4.78, 5) is 28.3. The molecule has 2 aromatic rings. The van der Waals surface area contributed by atoms with Gasteiger partial charge in [-0.05, 0) is 36.4 Å². The standard InChI is InChI=1S/C19H18Cl2FN3O2/c20-16-5-4-13(10-17(16)21)19(27)25-8-6-24(7-9-25)12-18(26)23-15-3-1-2-14(22)11-15/h1-5,10-11H,6-9,12H2,(H,23,26). The lowest BCUT2D eigenvalue weighted by Gasteiger charge is -2.34. The number of piperazine rings is 1. The van der Waals surface area contributed by atoms with Crippen molar-refractivity contribution >= 4 is 40.7 Å². The highest BCUT2D eigenvalue weighted by Crippen LogP contribution is 2.23. The molecule has 1 aliphatic rings. The highest BCUT2D eigenvalue weighted by atomic mass is 35.5. The molecule has 1 aliphatic heterocycles. The predicted molar refractivity (Wildman–Crippen MR) is 104 cm³/mol. The number of nitrogens with one attached hydrogen (secondary N) is 1. The number of anilines is 1. The Labute approximate surface area is 166 Å². The first kappa shape index (κ1) is 19.6. The summed E-state index contributed by atoms with van der Waals surface area (Å²) in [5, 5.41) is 3.42. The van der Waals surface area contributed by atoms with Crippen molar-refractivity contribution in [1.82, 2.24) is 9.80 Å². The van der Waals surface area contributed by atoms with Crippen LogP contribution in [0.1, 0.15) is 10.4 Å². The minimum atomic E-state index is -0.401. The van der Waals surface area contributed by atoms with E-state index in [0.717, 1.165) is 0 Å². The maximum atomic E-state index is 13.2. The Morgan fingerprint density at radius 2 is 1.74 bits per heavy atom. The fourth-order valence-corrected chi connectivity index (χ4v) is 3.19. The average molecular weight is 410 g/mol. The van der Waals surface area contributed by atoms with E-state index in [0.29, 0.717) is 47.5 Å². The number of nitrogens with zero attached hydrogens (tertiary/aromatic N) is 2. The Morgan fingerprint density at radius 3 is 2.41 bits per heavy atom. The predicted octanol–water partition coefficient (Wildman–Crippen LogP) is 3.53. The Balaban J connectivity index is 1.50. The molecule has 2 amide bonds. The molecular weight excluding hydrogens is 392 g/mol.